The zero-order valence-electron chi connectivity index (χ0n) is 34.0. The molecule has 0 saturated heterocycles. The van der Waals surface area contributed by atoms with Crippen LogP contribution < -0.4 is 0 Å². The van der Waals surface area contributed by atoms with E-state index in [-0.39, 0.29) is 17.3 Å². The number of ketones is 3. The van der Waals surface area contributed by atoms with Gasteiger partial charge >= 0.3 is 0 Å². The molecule has 6 aromatic heterocycles. The van der Waals surface area contributed by atoms with Gasteiger partial charge in [0.15, 0.2) is 23.2 Å². The number of carbonyl (C=O) groups is 3. The Kier molecular flexibility index (Phi) is 9.65. The number of hydrogen-bond acceptors (Lipinski definition) is 15. The summed E-state index contributed by atoms with van der Waals surface area (Å²) in [6.07, 6.45) is 7.50. The molecule has 3 aromatic carbocycles. The van der Waals surface area contributed by atoms with Crippen LogP contribution in [0, 0.1) is 0 Å². The van der Waals surface area contributed by atoms with Crippen LogP contribution in [0.15, 0.2) is 72.8 Å². The average molecular weight is 824 g/mol. The molecule has 0 saturated carbocycles. The summed E-state index contributed by atoms with van der Waals surface area (Å²) in [6.45, 7) is 6.31. The van der Waals surface area contributed by atoms with Crippen LogP contribution in [0.25, 0.3) is 51.1 Å². The number of benzene rings is 3. The molecule has 306 valence electrons. The van der Waals surface area contributed by atoms with E-state index >= 15 is 0 Å². The lowest BCUT2D eigenvalue weighted by Gasteiger charge is -2.01. The van der Waals surface area contributed by atoms with Crippen LogP contribution in [0.3, 0.4) is 0 Å². The second-order valence-corrected chi connectivity index (χ2v) is 15.0. The number of aryl methyl sites for hydroxylation is 3. The van der Waals surface area contributed by atoms with E-state index in [2.05, 4.69) is 81.6 Å². The van der Waals surface area contributed by atoms with Gasteiger partial charge in [0, 0.05) is 52.6 Å². The number of rotatable bonds is 8. The smallest absolute Gasteiger partial charge is 0.272 e. The van der Waals surface area contributed by atoms with Gasteiger partial charge in [-0.25, -0.2) is 15.0 Å². The first-order valence-electron chi connectivity index (χ1n) is 20.7. The molecule has 0 spiro atoms. The summed E-state index contributed by atoms with van der Waals surface area (Å²) in [4.78, 5) is 50.2. The van der Waals surface area contributed by atoms with E-state index in [1.165, 1.54) is 0 Å². The highest BCUT2D eigenvalue weighted by Gasteiger charge is 2.33. The Hall–Kier alpha value is -7.89. The number of carbonyl (C=O) groups excluding carboxylic acids is 3. The molecular weight excluding hydrogens is 787 g/mol. The fraction of sp³-hybridized carbons (Fsp3) is 0.250. The summed E-state index contributed by atoms with van der Waals surface area (Å²) >= 11 is 0. The average Bonchev–Trinajstić information content (AvgIpc) is 4.16. The molecule has 0 bridgehead atoms. The Labute approximate surface area is 352 Å². The second kappa shape index (κ2) is 15.6. The Morgan fingerprint density at radius 1 is 0.371 bits per heavy atom. The molecule has 0 amide bonds. The van der Waals surface area contributed by atoms with Gasteiger partial charge < -0.3 is 0 Å². The molecule has 0 fully saturated rings. The van der Waals surface area contributed by atoms with Crippen LogP contribution in [0.4, 0.5) is 0 Å². The maximum absolute atomic E-state index is 12.4. The highest BCUT2D eigenvalue weighted by atomic mass is 16.1. The Morgan fingerprint density at radius 3 is 1.11 bits per heavy atom. The van der Waals surface area contributed by atoms with E-state index in [0.29, 0.717) is 68.2 Å². The molecule has 0 unspecified atom stereocenters. The minimum Gasteiger partial charge on any atom is -0.287 e. The summed E-state index contributed by atoms with van der Waals surface area (Å²) in [5, 5.41) is 38.0. The quantitative estimate of drug-likeness (QED) is 0.176. The Balaban J connectivity index is 0.000000111. The monoisotopic (exact) mass is 823 g/mol. The molecule has 3 aliphatic rings. The largest absolute Gasteiger partial charge is 0.287 e. The third-order valence-electron chi connectivity index (χ3n) is 10.9. The molecule has 12 rings (SSSR count). The number of aromatic nitrogens is 15. The van der Waals surface area contributed by atoms with Crippen molar-refractivity contribution in [3.63, 3.8) is 0 Å². The molecule has 18 nitrogen and oxygen atoms in total. The van der Waals surface area contributed by atoms with E-state index in [9.17, 15) is 14.4 Å². The molecule has 62 heavy (non-hydrogen) atoms. The third kappa shape index (κ3) is 6.29. The van der Waals surface area contributed by atoms with E-state index in [1.54, 1.807) is 31.7 Å². The second-order valence-electron chi connectivity index (χ2n) is 15.0. The van der Waals surface area contributed by atoms with Gasteiger partial charge in [-0.3, -0.25) is 14.4 Å². The van der Waals surface area contributed by atoms with E-state index < -0.39 is 0 Å². The standard InChI is InChI=1S/2C15H13N5O.C14H11N5O/c1-2-3-8-11-17-18-15-16-13-12(19-20(11)15)9-6-4-5-7-10(9)14(13)21;1-2-3-8-11-17-18-15-16-12-9-6-4-5-7-10(9)14(21)13(12)19-20(11)15;1-2-5-10-16-17-14-15-12-11(18-19(10)14)8-6-3-4-7-9(8)13(12)20/h2*4-7H,2-3,8H2,1H3;3-4,6-7H,2,5H2,1H3. The summed E-state index contributed by atoms with van der Waals surface area (Å²) in [5.74, 6) is 3.28. The fourth-order valence-corrected chi connectivity index (χ4v) is 7.75. The van der Waals surface area contributed by atoms with Crippen molar-refractivity contribution in [3.05, 3.63) is 124 Å². The van der Waals surface area contributed by atoms with Crippen molar-refractivity contribution in [2.24, 2.45) is 0 Å². The Morgan fingerprint density at radius 2 is 0.710 bits per heavy atom. The summed E-state index contributed by atoms with van der Waals surface area (Å²) < 4.78 is 4.89. The van der Waals surface area contributed by atoms with Crippen LogP contribution in [0.2, 0.25) is 0 Å². The third-order valence-corrected chi connectivity index (χ3v) is 10.9. The van der Waals surface area contributed by atoms with Crippen molar-refractivity contribution in [1.82, 2.24) is 74.4 Å². The summed E-state index contributed by atoms with van der Waals surface area (Å²) in [5.41, 5.74) is 7.45. The van der Waals surface area contributed by atoms with Crippen LogP contribution in [0.1, 0.15) is 119 Å². The predicted octanol–water partition coefficient (Wildman–Crippen LogP) is 5.83. The van der Waals surface area contributed by atoms with Crippen molar-refractivity contribution >= 4 is 34.7 Å². The molecular formula is C44H37N15O3. The van der Waals surface area contributed by atoms with E-state index in [4.69, 9.17) is 0 Å². The van der Waals surface area contributed by atoms with Crippen LogP contribution in [-0.2, 0) is 19.3 Å². The zero-order valence-corrected chi connectivity index (χ0v) is 34.0. The lowest BCUT2D eigenvalue weighted by molar-refractivity contribution is 0.103. The summed E-state index contributed by atoms with van der Waals surface area (Å²) in [7, 11) is 0. The normalized spacial score (nSPS) is 12.7. The number of fused-ring (bicyclic) bond motifs is 12. The molecule has 9 aromatic rings. The van der Waals surface area contributed by atoms with Gasteiger partial charge in [-0.2, -0.15) is 28.8 Å². The highest BCUT2D eigenvalue weighted by molar-refractivity contribution is 6.21. The predicted molar refractivity (Wildman–Crippen MR) is 224 cm³/mol. The van der Waals surface area contributed by atoms with Crippen molar-refractivity contribution in [1.29, 1.82) is 0 Å². The van der Waals surface area contributed by atoms with Crippen molar-refractivity contribution in [2.45, 2.75) is 72.1 Å². The van der Waals surface area contributed by atoms with Gasteiger partial charge in [0.25, 0.3) is 17.3 Å². The fourth-order valence-electron chi connectivity index (χ4n) is 7.75. The van der Waals surface area contributed by atoms with Crippen LogP contribution >= 0.6 is 0 Å². The molecule has 18 heteroatoms. The Bertz CT molecular complexity index is 3280. The lowest BCUT2D eigenvalue weighted by Crippen LogP contribution is -2.07. The lowest BCUT2D eigenvalue weighted by atomic mass is 10.1. The van der Waals surface area contributed by atoms with E-state index in [1.807, 2.05) is 54.6 Å². The SMILES string of the molecule is CCCCc1nnc2nc3c(nn12)-c1ccccc1C3=O.CCCCc1nnc2nc3c(nn12)C(=O)c1ccccc1-3.CCCc1nnc2nc3c(nn12)-c1ccccc1C3=O. The van der Waals surface area contributed by atoms with Gasteiger partial charge in [-0.05, 0) is 19.3 Å². The minimum atomic E-state index is -0.0920. The van der Waals surface area contributed by atoms with Gasteiger partial charge in [0.05, 0.1) is 0 Å². The maximum Gasteiger partial charge on any atom is 0.272 e. The molecule has 0 atom stereocenters. The molecule has 6 heterocycles. The molecule has 3 aliphatic carbocycles. The first-order chi connectivity index (χ1) is 30.4. The molecule has 0 N–H and O–H groups in total. The zero-order chi connectivity index (χ0) is 42.5. The maximum atomic E-state index is 12.4. The first kappa shape index (κ1) is 38.3. The highest BCUT2D eigenvalue weighted by Crippen LogP contribution is 2.36. The molecule has 0 radical (unpaired) electrons. The summed E-state index contributed by atoms with van der Waals surface area (Å²) in [6, 6.07) is 22.3. The van der Waals surface area contributed by atoms with Gasteiger partial charge in [-0.1, -0.05) is 106 Å². The van der Waals surface area contributed by atoms with Crippen LogP contribution in [-0.4, -0.2) is 91.7 Å². The van der Waals surface area contributed by atoms with Crippen molar-refractivity contribution in [2.75, 3.05) is 0 Å². The van der Waals surface area contributed by atoms with Gasteiger partial charge in [-0.15, -0.1) is 30.6 Å². The first-order valence-corrected chi connectivity index (χ1v) is 20.7. The van der Waals surface area contributed by atoms with E-state index in [0.717, 1.165) is 85.5 Å². The topological polar surface area (TPSA) is 219 Å². The number of nitrogens with zero attached hydrogens (tertiary/aromatic N) is 15. The van der Waals surface area contributed by atoms with Gasteiger partial charge in [0.1, 0.15) is 28.5 Å². The van der Waals surface area contributed by atoms with Crippen molar-refractivity contribution < 1.29 is 14.4 Å². The number of hydrogen-bond donors (Lipinski definition) is 0. The van der Waals surface area contributed by atoms with Gasteiger partial charge in [0.2, 0.25) is 17.3 Å². The minimum absolute atomic E-state index is 0.0786. The van der Waals surface area contributed by atoms with Crippen molar-refractivity contribution in [3.8, 4) is 33.8 Å². The molecule has 0 aliphatic heterocycles. The number of unbranched alkanes of at least 4 members (excludes halogenated alkanes) is 2. The van der Waals surface area contributed by atoms with Crippen LogP contribution in [0.5, 0.6) is 0 Å².